The van der Waals surface area contributed by atoms with Gasteiger partial charge in [-0.1, -0.05) is 0 Å². The van der Waals surface area contributed by atoms with Gasteiger partial charge in [0, 0.05) is 11.6 Å². The van der Waals surface area contributed by atoms with Crippen molar-refractivity contribution in [2.24, 2.45) is 0 Å². The summed E-state index contributed by atoms with van der Waals surface area (Å²) in [5, 5.41) is 8.40. The summed E-state index contributed by atoms with van der Waals surface area (Å²) in [5.41, 5.74) is 0.165. The molecule has 0 amide bonds. The van der Waals surface area contributed by atoms with Gasteiger partial charge < -0.3 is 5.11 Å². The van der Waals surface area contributed by atoms with Crippen molar-refractivity contribution in [1.29, 1.82) is 0 Å². The zero-order chi connectivity index (χ0) is 13.8. The highest BCUT2D eigenvalue weighted by Crippen LogP contribution is 2.17. The maximum Gasteiger partial charge on any atom is 0.328 e. The number of aliphatic carboxylic acids is 1. The topological polar surface area (TPSA) is 83.5 Å². The average molecular weight is 273 g/mol. The van der Waals surface area contributed by atoms with Crippen LogP contribution in [0, 0.1) is 5.82 Å². The fourth-order valence-electron chi connectivity index (χ4n) is 1.14. The average Bonchev–Trinajstić information content (AvgIpc) is 2.27. The maximum absolute atomic E-state index is 13.5. The molecule has 2 N–H and O–H groups in total. The van der Waals surface area contributed by atoms with Crippen molar-refractivity contribution in [1.82, 2.24) is 0 Å². The van der Waals surface area contributed by atoms with Crippen molar-refractivity contribution >= 4 is 27.8 Å². The third-order valence-corrected chi connectivity index (χ3v) is 3.37. The second kappa shape index (κ2) is 5.63. The summed E-state index contributed by atoms with van der Waals surface area (Å²) in [6, 6.07) is 3.65. The molecule has 0 fully saturated rings. The minimum Gasteiger partial charge on any atom is -0.478 e. The molecular formula is C11H12FNO4S. The highest BCUT2D eigenvalue weighted by atomic mass is 32.2. The molecule has 0 saturated carbocycles. The third-order valence-electron chi connectivity index (χ3n) is 2.06. The van der Waals surface area contributed by atoms with Gasteiger partial charge in [0.05, 0.1) is 11.4 Å². The Hall–Kier alpha value is -1.89. The predicted octanol–water partition coefficient (Wildman–Crippen LogP) is 1.69. The van der Waals surface area contributed by atoms with E-state index in [0.717, 1.165) is 18.2 Å². The Bertz CT molecular complexity index is 581. The van der Waals surface area contributed by atoms with E-state index < -0.39 is 21.8 Å². The quantitative estimate of drug-likeness (QED) is 0.799. The number of nitrogens with one attached hydrogen (secondary N) is 1. The second-order valence-electron chi connectivity index (χ2n) is 3.41. The molecule has 0 bridgehead atoms. The number of carboxylic acid groups (broad SMARTS) is 1. The van der Waals surface area contributed by atoms with Gasteiger partial charge in [-0.25, -0.2) is 17.6 Å². The lowest BCUT2D eigenvalue weighted by atomic mass is 10.2. The summed E-state index contributed by atoms with van der Waals surface area (Å²) in [6.45, 7) is 1.46. The number of hydrogen-bond acceptors (Lipinski definition) is 3. The fourth-order valence-corrected chi connectivity index (χ4v) is 1.77. The molecule has 0 radical (unpaired) electrons. The van der Waals surface area contributed by atoms with Crippen molar-refractivity contribution in [3.05, 3.63) is 35.7 Å². The molecule has 0 unspecified atom stereocenters. The number of sulfonamides is 1. The summed E-state index contributed by atoms with van der Waals surface area (Å²) in [6.07, 6.45) is 1.89. The summed E-state index contributed by atoms with van der Waals surface area (Å²) < 4.78 is 38.2. The van der Waals surface area contributed by atoms with Crippen LogP contribution in [0.1, 0.15) is 12.5 Å². The number of halogens is 1. The standard InChI is InChI=1S/C11H12FNO4S/c1-2-18(16,17)13-9-5-3-8(10(12)7-9)4-6-11(14)15/h3-7,13H,2H2,1H3,(H,14,15). The summed E-state index contributed by atoms with van der Waals surface area (Å²) in [7, 11) is -3.46. The highest BCUT2D eigenvalue weighted by molar-refractivity contribution is 7.92. The Morgan fingerprint density at radius 3 is 2.67 bits per heavy atom. The van der Waals surface area contributed by atoms with E-state index in [1.54, 1.807) is 0 Å². The van der Waals surface area contributed by atoms with E-state index in [2.05, 4.69) is 4.72 Å². The Kier molecular flexibility index (Phi) is 4.43. The van der Waals surface area contributed by atoms with Crippen LogP contribution in [0.5, 0.6) is 0 Å². The van der Waals surface area contributed by atoms with Gasteiger partial charge in [-0.3, -0.25) is 4.72 Å². The smallest absolute Gasteiger partial charge is 0.328 e. The first-order valence-electron chi connectivity index (χ1n) is 5.05. The number of hydrogen-bond donors (Lipinski definition) is 2. The van der Waals surface area contributed by atoms with Gasteiger partial charge >= 0.3 is 5.97 Å². The summed E-state index contributed by atoms with van der Waals surface area (Å²) in [4.78, 5) is 10.3. The number of carbonyl (C=O) groups is 1. The number of anilines is 1. The van der Waals surface area contributed by atoms with E-state index in [9.17, 15) is 17.6 Å². The third kappa shape index (κ3) is 4.17. The number of carboxylic acids is 1. The van der Waals surface area contributed by atoms with Crippen LogP contribution in [0.15, 0.2) is 24.3 Å². The van der Waals surface area contributed by atoms with Crippen molar-refractivity contribution in [2.45, 2.75) is 6.92 Å². The molecule has 0 spiro atoms. The Morgan fingerprint density at radius 2 is 2.17 bits per heavy atom. The molecule has 1 aromatic carbocycles. The lowest BCUT2D eigenvalue weighted by Crippen LogP contribution is -2.14. The lowest BCUT2D eigenvalue weighted by molar-refractivity contribution is -0.131. The fraction of sp³-hybridized carbons (Fsp3) is 0.182. The van der Waals surface area contributed by atoms with E-state index in [1.807, 2.05) is 0 Å². The van der Waals surface area contributed by atoms with Gasteiger partial charge in [-0.05, 0) is 31.2 Å². The van der Waals surface area contributed by atoms with Crippen molar-refractivity contribution in [2.75, 3.05) is 10.5 Å². The monoisotopic (exact) mass is 273 g/mol. The maximum atomic E-state index is 13.5. The molecule has 0 saturated heterocycles. The molecule has 1 aromatic rings. The SMILES string of the molecule is CCS(=O)(=O)Nc1ccc(C=CC(=O)O)c(F)c1. The van der Waals surface area contributed by atoms with Gasteiger partial charge in [-0.15, -0.1) is 0 Å². The Morgan fingerprint density at radius 1 is 1.50 bits per heavy atom. The molecular weight excluding hydrogens is 261 g/mol. The molecule has 0 aliphatic heterocycles. The molecule has 98 valence electrons. The normalized spacial score (nSPS) is 11.7. The molecule has 0 aliphatic carbocycles. The lowest BCUT2D eigenvalue weighted by Gasteiger charge is -2.06. The first-order chi connectivity index (χ1) is 8.34. The molecule has 0 atom stereocenters. The van der Waals surface area contributed by atoms with Crippen LogP contribution in [-0.2, 0) is 14.8 Å². The van der Waals surface area contributed by atoms with Gasteiger partial charge in [-0.2, -0.15) is 0 Å². The Labute approximate surface area is 104 Å². The van der Waals surface area contributed by atoms with Gasteiger partial charge in [0.15, 0.2) is 0 Å². The van der Waals surface area contributed by atoms with E-state index in [-0.39, 0.29) is 17.0 Å². The van der Waals surface area contributed by atoms with Crippen LogP contribution < -0.4 is 4.72 Å². The van der Waals surface area contributed by atoms with Crippen LogP contribution in [0.3, 0.4) is 0 Å². The van der Waals surface area contributed by atoms with E-state index >= 15 is 0 Å². The van der Waals surface area contributed by atoms with Crippen LogP contribution in [-0.4, -0.2) is 25.2 Å². The van der Waals surface area contributed by atoms with E-state index in [1.165, 1.54) is 19.1 Å². The van der Waals surface area contributed by atoms with E-state index in [0.29, 0.717) is 0 Å². The van der Waals surface area contributed by atoms with Crippen molar-refractivity contribution < 1.29 is 22.7 Å². The summed E-state index contributed by atoms with van der Waals surface area (Å²) >= 11 is 0. The molecule has 18 heavy (non-hydrogen) atoms. The zero-order valence-electron chi connectivity index (χ0n) is 9.55. The first kappa shape index (κ1) is 14.2. The second-order valence-corrected chi connectivity index (χ2v) is 5.42. The minimum atomic E-state index is -3.46. The van der Waals surface area contributed by atoms with Crippen molar-refractivity contribution in [3.63, 3.8) is 0 Å². The first-order valence-corrected chi connectivity index (χ1v) is 6.70. The van der Waals surface area contributed by atoms with Crippen LogP contribution >= 0.6 is 0 Å². The molecule has 7 heteroatoms. The highest BCUT2D eigenvalue weighted by Gasteiger charge is 2.08. The summed E-state index contributed by atoms with van der Waals surface area (Å²) in [5.74, 6) is -2.01. The zero-order valence-corrected chi connectivity index (χ0v) is 10.4. The molecule has 5 nitrogen and oxygen atoms in total. The van der Waals surface area contributed by atoms with Crippen molar-refractivity contribution in [3.8, 4) is 0 Å². The largest absolute Gasteiger partial charge is 0.478 e. The number of rotatable bonds is 5. The van der Waals surface area contributed by atoms with Gasteiger partial charge in [0.1, 0.15) is 5.82 Å². The van der Waals surface area contributed by atoms with Crippen LogP contribution in [0.2, 0.25) is 0 Å². The molecule has 0 aromatic heterocycles. The van der Waals surface area contributed by atoms with Gasteiger partial charge in [0.25, 0.3) is 0 Å². The minimum absolute atomic E-state index is 0.0665. The van der Waals surface area contributed by atoms with E-state index in [4.69, 9.17) is 5.11 Å². The molecule has 0 heterocycles. The molecule has 0 aliphatic rings. The Balaban J connectivity index is 2.96. The number of benzene rings is 1. The van der Waals surface area contributed by atoms with Gasteiger partial charge in [0.2, 0.25) is 10.0 Å². The molecule has 1 rings (SSSR count). The van der Waals surface area contributed by atoms with Crippen LogP contribution in [0.4, 0.5) is 10.1 Å². The van der Waals surface area contributed by atoms with Crippen LogP contribution in [0.25, 0.3) is 6.08 Å². The predicted molar refractivity (Wildman–Crippen MR) is 66.2 cm³/mol.